The number of aromatic nitrogens is 3. The van der Waals surface area contributed by atoms with Gasteiger partial charge in [-0.15, -0.1) is 0 Å². The van der Waals surface area contributed by atoms with Crippen LogP contribution in [0, 0.1) is 5.82 Å². The number of pyridine rings is 1. The molecular formula is C18H20FN5O2. The molecule has 2 aromatic heterocycles. The standard InChI is InChI=1S/C18H20FN5O2/c19-13-7-12(8-20-9-13)18(26)23-5-2-15-16(3-6-23)21-11-22-17(15)24-4-1-14(25)10-24/h7-9,11,14,25H,1-6,10H2. The van der Waals surface area contributed by atoms with Gasteiger partial charge in [0.1, 0.15) is 18.0 Å². The van der Waals surface area contributed by atoms with Crippen molar-refractivity contribution in [2.45, 2.75) is 25.4 Å². The zero-order valence-electron chi connectivity index (χ0n) is 14.3. The van der Waals surface area contributed by atoms with Crippen LogP contribution in [0.3, 0.4) is 0 Å². The van der Waals surface area contributed by atoms with Crippen LogP contribution in [0.5, 0.6) is 0 Å². The third kappa shape index (κ3) is 3.24. The SMILES string of the molecule is O=C(c1cncc(F)c1)N1CCc2ncnc(N3CCC(O)C3)c2CC1. The third-order valence-electron chi connectivity index (χ3n) is 4.96. The van der Waals surface area contributed by atoms with Gasteiger partial charge in [0.05, 0.1) is 23.6 Å². The Balaban J connectivity index is 1.55. The van der Waals surface area contributed by atoms with Crippen molar-refractivity contribution in [3.63, 3.8) is 0 Å². The first-order valence-electron chi connectivity index (χ1n) is 8.77. The van der Waals surface area contributed by atoms with Crippen LogP contribution in [0.1, 0.15) is 28.0 Å². The Morgan fingerprint density at radius 1 is 1.19 bits per heavy atom. The van der Waals surface area contributed by atoms with Gasteiger partial charge in [0.15, 0.2) is 0 Å². The first-order valence-corrected chi connectivity index (χ1v) is 8.77. The number of rotatable bonds is 2. The van der Waals surface area contributed by atoms with Gasteiger partial charge in [-0.3, -0.25) is 9.78 Å². The van der Waals surface area contributed by atoms with E-state index in [1.807, 2.05) is 0 Å². The predicted molar refractivity (Wildman–Crippen MR) is 92.4 cm³/mol. The van der Waals surface area contributed by atoms with Gasteiger partial charge >= 0.3 is 0 Å². The Morgan fingerprint density at radius 2 is 2.04 bits per heavy atom. The lowest BCUT2D eigenvalue weighted by Crippen LogP contribution is -2.33. The van der Waals surface area contributed by atoms with E-state index in [-0.39, 0.29) is 17.6 Å². The number of halogens is 1. The van der Waals surface area contributed by atoms with Crippen molar-refractivity contribution in [3.8, 4) is 0 Å². The summed E-state index contributed by atoms with van der Waals surface area (Å²) in [5.74, 6) is 0.110. The number of aliphatic hydroxyl groups excluding tert-OH is 1. The summed E-state index contributed by atoms with van der Waals surface area (Å²) in [5, 5.41) is 9.81. The molecule has 0 bridgehead atoms. The number of aliphatic hydroxyl groups is 1. The Morgan fingerprint density at radius 3 is 2.81 bits per heavy atom. The smallest absolute Gasteiger partial charge is 0.255 e. The summed E-state index contributed by atoms with van der Waals surface area (Å²) in [6.45, 7) is 2.36. The van der Waals surface area contributed by atoms with E-state index < -0.39 is 5.82 Å². The minimum atomic E-state index is -0.519. The van der Waals surface area contributed by atoms with E-state index in [0.717, 1.165) is 36.2 Å². The Labute approximate surface area is 150 Å². The number of hydrogen-bond donors (Lipinski definition) is 1. The lowest BCUT2D eigenvalue weighted by molar-refractivity contribution is 0.0762. The Bertz CT molecular complexity index is 831. The monoisotopic (exact) mass is 357 g/mol. The largest absolute Gasteiger partial charge is 0.391 e. The molecule has 7 nitrogen and oxygen atoms in total. The lowest BCUT2D eigenvalue weighted by atomic mass is 10.1. The van der Waals surface area contributed by atoms with E-state index in [2.05, 4.69) is 19.9 Å². The first kappa shape index (κ1) is 16.8. The van der Waals surface area contributed by atoms with E-state index in [1.54, 1.807) is 11.2 Å². The average molecular weight is 357 g/mol. The van der Waals surface area contributed by atoms with Crippen LogP contribution in [-0.4, -0.2) is 63.1 Å². The van der Waals surface area contributed by atoms with Gasteiger partial charge in [-0.1, -0.05) is 0 Å². The molecule has 0 radical (unpaired) electrons. The van der Waals surface area contributed by atoms with Crippen LogP contribution in [0.2, 0.25) is 0 Å². The molecule has 1 atom stereocenters. The molecule has 136 valence electrons. The van der Waals surface area contributed by atoms with Gasteiger partial charge < -0.3 is 14.9 Å². The number of fused-ring (bicyclic) bond motifs is 1. The molecule has 1 N–H and O–H groups in total. The number of anilines is 1. The molecule has 1 unspecified atom stereocenters. The van der Waals surface area contributed by atoms with Crippen molar-refractivity contribution >= 4 is 11.7 Å². The van der Waals surface area contributed by atoms with Gasteiger partial charge in [-0.2, -0.15) is 0 Å². The third-order valence-corrected chi connectivity index (χ3v) is 4.96. The molecule has 4 rings (SSSR count). The van der Waals surface area contributed by atoms with Crippen molar-refractivity contribution in [3.05, 3.63) is 47.4 Å². The zero-order valence-corrected chi connectivity index (χ0v) is 14.3. The summed E-state index contributed by atoms with van der Waals surface area (Å²) in [6, 6.07) is 1.21. The summed E-state index contributed by atoms with van der Waals surface area (Å²) in [5.41, 5.74) is 2.23. The topological polar surface area (TPSA) is 82.5 Å². The van der Waals surface area contributed by atoms with Crippen molar-refractivity contribution in [2.75, 3.05) is 31.1 Å². The summed E-state index contributed by atoms with van der Waals surface area (Å²) < 4.78 is 13.4. The van der Waals surface area contributed by atoms with Gasteiger partial charge in [0.2, 0.25) is 0 Å². The molecular weight excluding hydrogens is 337 g/mol. The normalized spacial score (nSPS) is 20.0. The molecule has 1 fully saturated rings. The molecule has 26 heavy (non-hydrogen) atoms. The second kappa shape index (κ2) is 6.95. The zero-order chi connectivity index (χ0) is 18.1. The molecule has 8 heteroatoms. The van der Waals surface area contributed by atoms with Gasteiger partial charge in [0.25, 0.3) is 5.91 Å². The molecule has 1 saturated heterocycles. The molecule has 0 aromatic carbocycles. The minimum Gasteiger partial charge on any atom is -0.391 e. The number of carbonyl (C=O) groups is 1. The van der Waals surface area contributed by atoms with Crippen molar-refractivity contribution in [1.29, 1.82) is 0 Å². The fourth-order valence-corrected chi connectivity index (χ4v) is 3.63. The van der Waals surface area contributed by atoms with Crippen LogP contribution in [0.15, 0.2) is 24.8 Å². The molecule has 2 aliphatic heterocycles. The highest BCUT2D eigenvalue weighted by Crippen LogP contribution is 2.27. The summed E-state index contributed by atoms with van der Waals surface area (Å²) >= 11 is 0. The predicted octanol–water partition coefficient (Wildman–Crippen LogP) is 0.823. The summed E-state index contributed by atoms with van der Waals surface area (Å²) in [7, 11) is 0. The maximum Gasteiger partial charge on any atom is 0.255 e. The molecule has 0 aliphatic carbocycles. The molecule has 1 amide bonds. The maximum absolute atomic E-state index is 13.4. The van der Waals surface area contributed by atoms with Crippen molar-refractivity contribution < 1.29 is 14.3 Å². The highest BCUT2D eigenvalue weighted by Gasteiger charge is 2.27. The maximum atomic E-state index is 13.4. The summed E-state index contributed by atoms with van der Waals surface area (Å²) in [4.78, 5) is 29.1. The van der Waals surface area contributed by atoms with Crippen molar-refractivity contribution in [1.82, 2.24) is 19.9 Å². The van der Waals surface area contributed by atoms with Gasteiger partial charge in [-0.25, -0.2) is 14.4 Å². The highest BCUT2D eigenvalue weighted by molar-refractivity contribution is 5.94. The van der Waals surface area contributed by atoms with Crippen LogP contribution in [-0.2, 0) is 12.8 Å². The van der Waals surface area contributed by atoms with Crippen LogP contribution in [0.25, 0.3) is 0 Å². The lowest BCUT2D eigenvalue weighted by Gasteiger charge is -2.21. The van der Waals surface area contributed by atoms with Crippen molar-refractivity contribution in [2.24, 2.45) is 0 Å². The molecule has 0 saturated carbocycles. The van der Waals surface area contributed by atoms with E-state index in [0.29, 0.717) is 32.5 Å². The molecule has 0 spiro atoms. The number of β-amino-alcohol motifs (C(OH)–C–C–N with tert-alkyl or cyclic N) is 1. The second-order valence-corrected chi connectivity index (χ2v) is 6.70. The fourth-order valence-electron chi connectivity index (χ4n) is 3.63. The first-order chi connectivity index (χ1) is 12.6. The summed E-state index contributed by atoms with van der Waals surface area (Å²) in [6.07, 6.45) is 5.68. The van der Waals surface area contributed by atoms with Crippen LogP contribution in [0.4, 0.5) is 10.2 Å². The molecule has 2 aliphatic rings. The minimum absolute atomic E-state index is 0.226. The number of amides is 1. The van der Waals surface area contributed by atoms with E-state index in [9.17, 15) is 14.3 Å². The molecule has 4 heterocycles. The number of carbonyl (C=O) groups excluding carboxylic acids is 1. The van der Waals surface area contributed by atoms with E-state index in [4.69, 9.17) is 0 Å². The highest BCUT2D eigenvalue weighted by atomic mass is 19.1. The number of hydrogen-bond acceptors (Lipinski definition) is 6. The Kier molecular flexibility index (Phi) is 4.50. The molecule has 2 aromatic rings. The van der Waals surface area contributed by atoms with Gasteiger partial charge in [-0.05, 0) is 18.9 Å². The fraction of sp³-hybridized carbons (Fsp3) is 0.444. The van der Waals surface area contributed by atoms with E-state index >= 15 is 0 Å². The van der Waals surface area contributed by atoms with Crippen LogP contribution >= 0.6 is 0 Å². The Hall–Kier alpha value is -2.61. The number of nitrogens with zero attached hydrogens (tertiary/aromatic N) is 5. The van der Waals surface area contributed by atoms with Gasteiger partial charge in [0, 0.05) is 44.4 Å². The van der Waals surface area contributed by atoms with Crippen LogP contribution < -0.4 is 4.90 Å². The van der Waals surface area contributed by atoms with E-state index in [1.165, 1.54) is 12.3 Å². The second-order valence-electron chi connectivity index (χ2n) is 6.70. The quantitative estimate of drug-likeness (QED) is 0.857. The average Bonchev–Trinajstić information content (AvgIpc) is 2.95.